The van der Waals surface area contributed by atoms with Gasteiger partial charge in [0.1, 0.15) is 12.2 Å². The summed E-state index contributed by atoms with van der Waals surface area (Å²) in [5.41, 5.74) is 8.99. The molecule has 0 spiro atoms. The molecule has 4 rings (SSSR count). The molecular formula is C30H31ClN4O4. The third-order valence-corrected chi connectivity index (χ3v) is 6.59. The van der Waals surface area contributed by atoms with Crippen LogP contribution in [0.15, 0.2) is 71.5 Å². The smallest absolute Gasteiger partial charge is 0.337 e. The van der Waals surface area contributed by atoms with Gasteiger partial charge in [0.15, 0.2) is 0 Å². The number of nitrogens with two attached hydrogens (primary N) is 1. The SMILES string of the molecule is CCc1cc(C)ccc1C(=O)N(CCCN)OC(=O)Cc1nc2cc(Cl)ccc2c(=O)n1Cc1ccccc1. The molecule has 0 atom stereocenters. The van der Waals surface area contributed by atoms with Gasteiger partial charge in [0.2, 0.25) is 0 Å². The van der Waals surface area contributed by atoms with Crippen molar-refractivity contribution in [3.8, 4) is 0 Å². The Morgan fingerprint density at radius 3 is 2.56 bits per heavy atom. The molecule has 1 amide bonds. The maximum absolute atomic E-state index is 13.5. The van der Waals surface area contributed by atoms with Crippen LogP contribution in [0.4, 0.5) is 0 Å². The zero-order valence-electron chi connectivity index (χ0n) is 22.0. The standard InChI is InChI=1S/C30H31ClN4O4/c1-3-22-16-20(2)10-12-24(22)30(38)35(15-7-14-32)39-28(36)18-27-33-26-17-23(31)11-13-25(26)29(37)34(27)19-21-8-5-4-6-9-21/h4-6,8-13,16-17H,3,7,14-15,18-19,32H2,1-2H3. The second-order valence-electron chi connectivity index (χ2n) is 9.27. The van der Waals surface area contributed by atoms with Crippen molar-refractivity contribution >= 4 is 34.4 Å². The van der Waals surface area contributed by atoms with E-state index in [1.807, 2.05) is 56.3 Å². The summed E-state index contributed by atoms with van der Waals surface area (Å²) >= 11 is 6.15. The summed E-state index contributed by atoms with van der Waals surface area (Å²) in [6.07, 6.45) is 0.764. The molecule has 0 unspecified atom stereocenters. The average molecular weight is 547 g/mol. The number of hydrogen-bond donors (Lipinski definition) is 1. The van der Waals surface area contributed by atoms with Crippen LogP contribution in [-0.4, -0.2) is 39.6 Å². The molecule has 0 saturated carbocycles. The van der Waals surface area contributed by atoms with Crippen molar-refractivity contribution in [2.24, 2.45) is 5.73 Å². The number of carbonyl (C=O) groups excluding carboxylic acids is 2. The van der Waals surface area contributed by atoms with Gasteiger partial charge in [-0.1, -0.05) is 66.6 Å². The minimum absolute atomic E-state index is 0.135. The normalized spacial score (nSPS) is 11.0. The molecule has 0 saturated heterocycles. The maximum Gasteiger partial charge on any atom is 0.340 e. The lowest BCUT2D eigenvalue weighted by molar-refractivity contribution is -0.177. The quantitative estimate of drug-likeness (QED) is 0.311. The van der Waals surface area contributed by atoms with Gasteiger partial charge in [-0.2, -0.15) is 5.06 Å². The first-order valence-corrected chi connectivity index (χ1v) is 13.2. The van der Waals surface area contributed by atoms with Gasteiger partial charge in [0.25, 0.3) is 11.5 Å². The van der Waals surface area contributed by atoms with Crippen molar-refractivity contribution in [2.75, 3.05) is 13.1 Å². The molecule has 39 heavy (non-hydrogen) atoms. The monoisotopic (exact) mass is 546 g/mol. The highest BCUT2D eigenvalue weighted by Crippen LogP contribution is 2.18. The third kappa shape index (κ3) is 6.71. The molecule has 3 aromatic carbocycles. The lowest BCUT2D eigenvalue weighted by atomic mass is 10.0. The van der Waals surface area contributed by atoms with Gasteiger partial charge in [-0.3, -0.25) is 14.2 Å². The van der Waals surface area contributed by atoms with E-state index in [1.54, 1.807) is 24.3 Å². The molecule has 2 N–H and O–H groups in total. The second kappa shape index (κ2) is 12.7. The van der Waals surface area contributed by atoms with Crippen LogP contribution in [0.25, 0.3) is 10.9 Å². The Morgan fingerprint density at radius 1 is 1.08 bits per heavy atom. The minimum atomic E-state index is -0.722. The van der Waals surface area contributed by atoms with E-state index in [0.717, 1.165) is 21.8 Å². The molecule has 0 aliphatic carbocycles. The minimum Gasteiger partial charge on any atom is -0.337 e. The van der Waals surface area contributed by atoms with Gasteiger partial charge >= 0.3 is 5.97 Å². The van der Waals surface area contributed by atoms with Gasteiger partial charge in [-0.05, 0) is 61.7 Å². The Labute approximate surface area is 231 Å². The lowest BCUT2D eigenvalue weighted by Gasteiger charge is -2.23. The van der Waals surface area contributed by atoms with Crippen LogP contribution in [0.5, 0.6) is 0 Å². The predicted octanol–water partition coefficient (Wildman–Crippen LogP) is 4.46. The molecule has 202 valence electrons. The van der Waals surface area contributed by atoms with Crippen molar-refractivity contribution < 1.29 is 14.4 Å². The number of nitrogens with zero attached hydrogens (tertiary/aromatic N) is 3. The fraction of sp³-hybridized carbons (Fsp3) is 0.267. The Kier molecular flexibility index (Phi) is 9.11. The van der Waals surface area contributed by atoms with Gasteiger partial charge < -0.3 is 10.6 Å². The number of fused-ring (bicyclic) bond motifs is 1. The molecule has 0 aliphatic heterocycles. The molecule has 8 nitrogen and oxygen atoms in total. The highest BCUT2D eigenvalue weighted by molar-refractivity contribution is 6.31. The van der Waals surface area contributed by atoms with Gasteiger partial charge in [0.05, 0.1) is 24.0 Å². The summed E-state index contributed by atoms with van der Waals surface area (Å²) in [6.45, 7) is 4.59. The van der Waals surface area contributed by atoms with Crippen molar-refractivity contribution in [2.45, 2.75) is 39.7 Å². The van der Waals surface area contributed by atoms with E-state index in [2.05, 4.69) is 4.98 Å². The first kappa shape index (κ1) is 28.0. The summed E-state index contributed by atoms with van der Waals surface area (Å²) in [5.74, 6) is -0.936. The van der Waals surface area contributed by atoms with E-state index in [-0.39, 0.29) is 30.9 Å². The first-order valence-electron chi connectivity index (χ1n) is 12.9. The average Bonchev–Trinajstić information content (AvgIpc) is 2.93. The number of hydroxylamine groups is 2. The topological polar surface area (TPSA) is 108 Å². The second-order valence-corrected chi connectivity index (χ2v) is 9.71. The zero-order valence-corrected chi connectivity index (χ0v) is 22.8. The van der Waals surface area contributed by atoms with E-state index >= 15 is 0 Å². The van der Waals surface area contributed by atoms with Crippen molar-refractivity contribution in [3.63, 3.8) is 0 Å². The van der Waals surface area contributed by atoms with E-state index < -0.39 is 11.9 Å². The number of amides is 1. The molecule has 4 aromatic rings. The van der Waals surface area contributed by atoms with Crippen LogP contribution in [0, 0.1) is 6.92 Å². The maximum atomic E-state index is 13.5. The van der Waals surface area contributed by atoms with E-state index in [9.17, 15) is 14.4 Å². The van der Waals surface area contributed by atoms with Crippen molar-refractivity contribution in [3.05, 3.63) is 110 Å². The molecule has 0 fully saturated rings. The van der Waals surface area contributed by atoms with Crippen LogP contribution < -0.4 is 11.3 Å². The van der Waals surface area contributed by atoms with Crippen LogP contribution in [0.1, 0.15) is 46.2 Å². The largest absolute Gasteiger partial charge is 0.340 e. The molecular weight excluding hydrogens is 516 g/mol. The zero-order chi connectivity index (χ0) is 27.9. The fourth-order valence-corrected chi connectivity index (χ4v) is 4.54. The number of halogens is 1. The summed E-state index contributed by atoms with van der Waals surface area (Å²) in [5, 5.41) is 1.86. The Bertz CT molecular complexity index is 1550. The molecule has 0 bridgehead atoms. The third-order valence-electron chi connectivity index (χ3n) is 6.36. The summed E-state index contributed by atoms with van der Waals surface area (Å²) in [4.78, 5) is 50.3. The van der Waals surface area contributed by atoms with Crippen LogP contribution in [0.3, 0.4) is 0 Å². The Balaban J connectivity index is 1.66. The molecule has 0 aliphatic rings. The fourth-order valence-electron chi connectivity index (χ4n) is 4.37. The molecule has 1 heterocycles. The number of benzene rings is 3. The van der Waals surface area contributed by atoms with Crippen LogP contribution in [0.2, 0.25) is 5.02 Å². The number of rotatable bonds is 9. The van der Waals surface area contributed by atoms with Crippen LogP contribution >= 0.6 is 11.6 Å². The predicted molar refractivity (Wildman–Crippen MR) is 152 cm³/mol. The number of aromatic nitrogens is 2. The summed E-state index contributed by atoms with van der Waals surface area (Å²) in [6, 6.07) is 19.8. The van der Waals surface area contributed by atoms with Gasteiger partial charge in [-0.15, -0.1) is 0 Å². The number of aryl methyl sites for hydroxylation is 2. The Morgan fingerprint density at radius 2 is 1.85 bits per heavy atom. The number of carbonyl (C=O) groups is 2. The van der Waals surface area contributed by atoms with Crippen molar-refractivity contribution in [1.29, 1.82) is 0 Å². The van der Waals surface area contributed by atoms with Crippen molar-refractivity contribution in [1.82, 2.24) is 14.6 Å². The van der Waals surface area contributed by atoms with Gasteiger partial charge in [-0.25, -0.2) is 9.78 Å². The van der Waals surface area contributed by atoms with Crippen LogP contribution in [-0.2, 0) is 29.0 Å². The lowest BCUT2D eigenvalue weighted by Crippen LogP contribution is -2.37. The van der Waals surface area contributed by atoms with Gasteiger partial charge in [0, 0.05) is 10.6 Å². The number of hydrogen-bond acceptors (Lipinski definition) is 6. The molecule has 1 aromatic heterocycles. The highest BCUT2D eigenvalue weighted by Gasteiger charge is 2.24. The molecule has 0 radical (unpaired) electrons. The Hall–Kier alpha value is -4.01. The summed E-state index contributed by atoms with van der Waals surface area (Å²) < 4.78 is 1.45. The first-order chi connectivity index (χ1) is 18.8. The molecule has 9 heteroatoms. The van der Waals surface area contributed by atoms with E-state index in [4.69, 9.17) is 22.2 Å². The highest BCUT2D eigenvalue weighted by atomic mass is 35.5. The van der Waals surface area contributed by atoms with E-state index in [1.165, 1.54) is 4.57 Å². The summed E-state index contributed by atoms with van der Waals surface area (Å²) in [7, 11) is 0. The van der Waals surface area contributed by atoms with E-state index in [0.29, 0.717) is 40.9 Å².